The number of allylic oxidation sites excluding steroid dienone is 2. The molecule has 22 heavy (non-hydrogen) atoms. The van der Waals surface area contributed by atoms with Gasteiger partial charge < -0.3 is 0 Å². The van der Waals surface area contributed by atoms with E-state index in [9.17, 15) is 10.1 Å². The van der Waals surface area contributed by atoms with Crippen LogP contribution < -0.4 is 0 Å². The number of rotatable bonds is 3. The summed E-state index contributed by atoms with van der Waals surface area (Å²) in [4.78, 5) is 12.1. The first-order chi connectivity index (χ1) is 10.7. The molecule has 3 nitrogen and oxygen atoms in total. The Labute approximate surface area is 141 Å². The van der Waals surface area contributed by atoms with Crippen LogP contribution in [0.1, 0.15) is 16.4 Å². The molecular formula is C17H12BrNO2S. The zero-order valence-electron chi connectivity index (χ0n) is 11.5. The molecule has 0 bridgehead atoms. The van der Waals surface area contributed by atoms with Crippen molar-refractivity contribution in [2.45, 2.75) is 5.25 Å². The summed E-state index contributed by atoms with van der Waals surface area (Å²) >= 11 is 4.98. The van der Waals surface area contributed by atoms with E-state index in [2.05, 4.69) is 15.9 Å². The second-order valence-corrected chi connectivity index (χ2v) is 6.75. The van der Waals surface area contributed by atoms with Crippen LogP contribution in [0.5, 0.6) is 0 Å². The number of hydrogen-bond acceptors (Lipinski definition) is 3. The highest BCUT2D eigenvalue weighted by atomic mass is 79.9. The monoisotopic (exact) mass is 373 g/mol. The Morgan fingerprint density at radius 3 is 2.18 bits per heavy atom. The predicted octanol–water partition coefficient (Wildman–Crippen LogP) is 5.40. The number of hydrogen-bond donors (Lipinski definition) is 0. The fraction of sp³-hybridized carbons (Fsp3) is 0.0588. The fourth-order valence-corrected chi connectivity index (χ4v) is 4.31. The molecule has 0 amide bonds. The van der Waals surface area contributed by atoms with E-state index in [0.717, 1.165) is 20.5 Å². The van der Waals surface area contributed by atoms with Crippen LogP contribution in [0.3, 0.4) is 0 Å². The van der Waals surface area contributed by atoms with Crippen molar-refractivity contribution in [3.05, 3.63) is 98.2 Å². The standard InChI is InChI=1S/C17H12BrNO2S/c18-14-11-15(19(20)21)17(13-9-5-2-6-10-13)22-16(14)12-7-3-1-4-8-12/h1-11,17H. The zero-order chi connectivity index (χ0) is 15.5. The normalized spacial score (nSPS) is 18.0. The summed E-state index contributed by atoms with van der Waals surface area (Å²) < 4.78 is 0.752. The van der Waals surface area contributed by atoms with Gasteiger partial charge in [0.25, 0.3) is 5.70 Å². The summed E-state index contributed by atoms with van der Waals surface area (Å²) in [7, 11) is 0. The number of nitrogens with zero attached hydrogens (tertiary/aromatic N) is 1. The first-order valence-electron chi connectivity index (χ1n) is 6.69. The molecular weight excluding hydrogens is 362 g/mol. The molecule has 3 rings (SSSR count). The van der Waals surface area contributed by atoms with Crippen molar-refractivity contribution in [2.75, 3.05) is 0 Å². The lowest BCUT2D eigenvalue weighted by atomic mass is 10.1. The van der Waals surface area contributed by atoms with Crippen molar-refractivity contribution in [3.8, 4) is 0 Å². The Kier molecular flexibility index (Phi) is 4.45. The van der Waals surface area contributed by atoms with Crippen LogP contribution in [-0.2, 0) is 0 Å². The van der Waals surface area contributed by atoms with Gasteiger partial charge in [0.15, 0.2) is 0 Å². The summed E-state index contributed by atoms with van der Waals surface area (Å²) in [6.07, 6.45) is 1.62. The van der Waals surface area contributed by atoms with Gasteiger partial charge in [-0.2, -0.15) is 0 Å². The molecule has 0 saturated heterocycles. The minimum atomic E-state index is -0.312. The van der Waals surface area contributed by atoms with Crippen LogP contribution in [0.4, 0.5) is 0 Å². The molecule has 110 valence electrons. The molecule has 0 spiro atoms. The van der Waals surface area contributed by atoms with Gasteiger partial charge in [0.2, 0.25) is 0 Å². The molecule has 0 fully saturated rings. The van der Waals surface area contributed by atoms with Crippen LogP contribution in [0.15, 0.2) is 76.9 Å². The zero-order valence-corrected chi connectivity index (χ0v) is 13.9. The van der Waals surface area contributed by atoms with Crippen molar-refractivity contribution >= 4 is 32.6 Å². The Morgan fingerprint density at radius 2 is 1.59 bits per heavy atom. The molecule has 5 heteroatoms. The molecule has 0 aliphatic carbocycles. The second-order valence-electron chi connectivity index (χ2n) is 4.78. The van der Waals surface area contributed by atoms with E-state index in [1.54, 1.807) is 6.08 Å². The molecule has 1 unspecified atom stereocenters. The van der Waals surface area contributed by atoms with Crippen LogP contribution in [0.25, 0.3) is 4.91 Å². The third-order valence-corrected chi connectivity index (χ3v) is 5.67. The molecule has 1 aliphatic rings. The van der Waals surface area contributed by atoms with Gasteiger partial charge in [-0.15, -0.1) is 11.8 Å². The van der Waals surface area contributed by atoms with E-state index in [-0.39, 0.29) is 15.9 Å². The van der Waals surface area contributed by atoms with Gasteiger partial charge in [-0.25, -0.2) is 0 Å². The van der Waals surface area contributed by atoms with Crippen molar-refractivity contribution in [1.29, 1.82) is 0 Å². The van der Waals surface area contributed by atoms with Crippen molar-refractivity contribution < 1.29 is 4.92 Å². The first kappa shape index (κ1) is 15.1. The summed E-state index contributed by atoms with van der Waals surface area (Å²) in [5, 5.41) is 11.1. The molecule has 1 heterocycles. The van der Waals surface area contributed by atoms with Gasteiger partial charge in [-0.05, 0) is 27.1 Å². The topological polar surface area (TPSA) is 43.1 Å². The van der Waals surface area contributed by atoms with Crippen molar-refractivity contribution in [1.82, 2.24) is 0 Å². The van der Waals surface area contributed by atoms with E-state index < -0.39 is 0 Å². The highest BCUT2D eigenvalue weighted by Crippen LogP contribution is 2.50. The Bertz CT molecular complexity index is 757. The average Bonchev–Trinajstić information content (AvgIpc) is 2.56. The number of thioether (sulfide) groups is 1. The first-order valence-corrected chi connectivity index (χ1v) is 8.37. The van der Waals surface area contributed by atoms with Crippen LogP contribution in [-0.4, -0.2) is 4.92 Å². The smallest absolute Gasteiger partial charge is 0.259 e. The van der Waals surface area contributed by atoms with E-state index in [0.29, 0.717) is 0 Å². The van der Waals surface area contributed by atoms with Crippen LogP contribution in [0.2, 0.25) is 0 Å². The minimum Gasteiger partial charge on any atom is -0.259 e. The molecule has 2 aromatic rings. The molecule has 0 radical (unpaired) electrons. The summed E-state index contributed by atoms with van der Waals surface area (Å²) in [6.45, 7) is 0. The number of halogens is 1. The maximum atomic E-state index is 11.4. The minimum absolute atomic E-state index is 0.197. The lowest BCUT2D eigenvalue weighted by Crippen LogP contribution is -2.11. The van der Waals surface area contributed by atoms with Gasteiger partial charge >= 0.3 is 0 Å². The summed E-state index contributed by atoms with van der Waals surface area (Å²) in [5.41, 5.74) is 2.19. The summed E-state index contributed by atoms with van der Waals surface area (Å²) in [6, 6.07) is 19.5. The molecule has 2 aromatic carbocycles. The summed E-state index contributed by atoms with van der Waals surface area (Å²) in [5.74, 6) is 0. The van der Waals surface area contributed by atoms with Gasteiger partial charge in [-0.1, -0.05) is 60.7 Å². The van der Waals surface area contributed by atoms with Crippen LogP contribution in [0, 0.1) is 10.1 Å². The third kappa shape index (κ3) is 3.00. The second kappa shape index (κ2) is 6.50. The molecule has 0 N–H and O–H groups in total. The van der Waals surface area contributed by atoms with Crippen molar-refractivity contribution in [2.24, 2.45) is 0 Å². The lowest BCUT2D eigenvalue weighted by Gasteiger charge is -2.21. The van der Waals surface area contributed by atoms with Gasteiger partial charge in [0.05, 0.1) is 4.92 Å². The quantitative estimate of drug-likeness (QED) is 0.534. The largest absolute Gasteiger partial charge is 0.265 e. The third-order valence-electron chi connectivity index (χ3n) is 3.34. The Morgan fingerprint density at radius 1 is 1.00 bits per heavy atom. The average molecular weight is 374 g/mol. The van der Waals surface area contributed by atoms with E-state index in [1.807, 2.05) is 60.7 Å². The van der Waals surface area contributed by atoms with Gasteiger partial charge in [-0.3, -0.25) is 10.1 Å². The molecule has 1 aliphatic heterocycles. The maximum Gasteiger partial charge on any atom is 0.265 e. The lowest BCUT2D eigenvalue weighted by molar-refractivity contribution is -0.427. The van der Waals surface area contributed by atoms with Gasteiger partial charge in [0, 0.05) is 15.5 Å². The molecule has 1 atom stereocenters. The van der Waals surface area contributed by atoms with E-state index in [1.165, 1.54) is 11.8 Å². The van der Waals surface area contributed by atoms with Crippen LogP contribution >= 0.6 is 27.7 Å². The van der Waals surface area contributed by atoms with E-state index >= 15 is 0 Å². The molecule has 0 aromatic heterocycles. The number of nitro groups is 1. The maximum absolute atomic E-state index is 11.4. The highest BCUT2D eigenvalue weighted by molar-refractivity contribution is 9.12. The van der Waals surface area contributed by atoms with E-state index in [4.69, 9.17) is 0 Å². The van der Waals surface area contributed by atoms with Gasteiger partial charge in [0.1, 0.15) is 5.25 Å². The predicted molar refractivity (Wildman–Crippen MR) is 94.1 cm³/mol. The SMILES string of the molecule is O=[N+]([O-])C1=CC(Br)=C(c2ccccc2)SC1c1ccccc1. The fourth-order valence-electron chi connectivity index (χ4n) is 2.32. The highest BCUT2D eigenvalue weighted by Gasteiger charge is 2.33. The number of benzene rings is 2. The van der Waals surface area contributed by atoms with Crippen molar-refractivity contribution in [3.63, 3.8) is 0 Å². The Hall–Kier alpha value is -1.85. The molecule has 0 saturated carbocycles. The Balaban J connectivity index is 2.07.